The highest BCUT2D eigenvalue weighted by molar-refractivity contribution is 7.80. The summed E-state index contributed by atoms with van der Waals surface area (Å²) in [6.45, 7) is 0. The summed E-state index contributed by atoms with van der Waals surface area (Å²) in [6, 6.07) is 14.7. The first-order chi connectivity index (χ1) is 13.5. The molecule has 4 N–H and O–H groups in total. The lowest BCUT2D eigenvalue weighted by atomic mass is 10.1. The number of carbonyl (C=O) groups excluding carboxylic acids is 1. The molecule has 1 heterocycles. The lowest BCUT2D eigenvalue weighted by Crippen LogP contribution is -2.45. The number of nitro benzene ring substituents is 1. The van der Waals surface area contributed by atoms with Gasteiger partial charge in [-0.2, -0.15) is 0 Å². The average Bonchev–Trinajstić information content (AvgIpc) is 3.15. The number of carbonyl (C=O) groups is 1. The van der Waals surface area contributed by atoms with Gasteiger partial charge in [-0.05, 0) is 36.5 Å². The van der Waals surface area contributed by atoms with E-state index in [1.807, 2.05) is 30.3 Å². The number of nitrogens with zero attached hydrogens (tertiary/aromatic N) is 2. The van der Waals surface area contributed by atoms with E-state index in [4.69, 9.17) is 12.2 Å². The van der Waals surface area contributed by atoms with Gasteiger partial charge in [-0.3, -0.25) is 20.9 Å². The molecule has 0 aliphatic carbocycles. The van der Waals surface area contributed by atoms with Crippen LogP contribution in [0.2, 0.25) is 0 Å². The molecule has 28 heavy (non-hydrogen) atoms. The molecule has 0 saturated heterocycles. The first kappa shape index (κ1) is 19.2. The van der Waals surface area contributed by atoms with Crippen molar-refractivity contribution in [1.29, 1.82) is 0 Å². The fourth-order valence-electron chi connectivity index (χ4n) is 2.14. The first-order valence-electron chi connectivity index (χ1n) is 7.90. The maximum Gasteiger partial charge on any atom is 0.339 e. The maximum absolute atomic E-state index is 12.0. The SMILES string of the molecule is O=C(NNC(=S)Nc1ccccc1)Nc1nc(-c2ccc([N+](=O)[O-])cc2)cs1. The molecule has 0 unspecified atom stereocenters. The summed E-state index contributed by atoms with van der Waals surface area (Å²) in [5.41, 5.74) is 7.09. The number of urea groups is 1. The van der Waals surface area contributed by atoms with E-state index in [0.717, 1.165) is 5.69 Å². The molecule has 0 fully saturated rings. The van der Waals surface area contributed by atoms with Crippen LogP contribution in [0.4, 0.5) is 21.3 Å². The molecule has 0 spiro atoms. The lowest BCUT2D eigenvalue weighted by Gasteiger charge is -2.11. The van der Waals surface area contributed by atoms with E-state index < -0.39 is 11.0 Å². The standard InChI is InChI=1S/C17H14N6O3S2/c24-15(21-22-16(27)18-12-4-2-1-3-5-12)20-17-19-14(10-28-17)11-6-8-13(9-7-11)23(25)26/h1-10H,(H2,18,22,27)(H2,19,20,21,24). The highest BCUT2D eigenvalue weighted by Gasteiger charge is 2.10. The molecule has 9 nitrogen and oxygen atoms in total. The average molecular weight is 414 g/mol. The van der Waals surface area contributed by atoms with Crippen LogP contribution in [-0.4, -0.2) is 21.1 Å². The van der Waals surface area contributed by atoms with Crippen molar-refractivity contribution >= 4 is 51.2 Å². The van der Waals surface area contributed by atoms with Gasteiger partial charge in [0.05, 0.1) is 10.6 Å². The summed E-state index contributed by atoms with van der Waals surface area (Å²) in [5.74, 6) is 0. The Kier molecular flexibility index (Phi) is 6.09. The van der Waals surface area contributed by atoms with Crippen molar-refractivity contribution in [2.45, 2.75) is 0 Å². The van der Waals surface area contributed by atoms with Crippen LogP contribution in [0.3, 0.4) is 0 Å². The van der Waals surface area contributed by atoms with Gasteiger partial charge in [0.25, 0.3) is 5.69 Å². The van der Waals surface area contributed by atoms with E-state index in [1.54, 1.807) is 17.5 Å². The largest absolute Gasteiger partial charge is 0.339 e. The normalized spacial score (nSPS) is 10.0. The molecular formula is C17H14N6O3S2. The Bertz CT molecular complexity index is 992. The number of para-hydroxylation sites is 1. The molecule has 0 radical (unpaired) electrons. The fourth-order valence-corrected chi connectivity index (χ4v) is 3.03. The minimum absolute atomic E-state index is 0.00265. The fraction of sp³-hybridized carbons (Fsp3) is 0. The second-order valence-electron chi connectivity index (χ2n) is 5.37. The Morgan fingerprint density at radius 3 is 2.43 bits per heavy atom. The van der Waals surface area contributed by atoms with Crippen LogP contribution in [0.5, 0.6) is 0 Å². The number of amides is 2. The van der Waals surface area contributed by atoms with Gasteiger partial charge in [-0.25, -0.2) is 15.2 Å². The van der Waals surface area contributed by atoms with Crippen molar-refractivity contribution in [3.63, 3.8) is 0 Å². The smallest absolute Gasteiger partial charge is 0.331 e. The lowest BCUT2D eigenvalue weighted by molar-refractivity contribution is -0.384. The molecule has 3 aromatic rings. The van der Waals surface area contributed by atoms with Crippen molar-refractivity contribution in [2.24, 2.45) is 0 Å². The second-order valence-corrected chi connectivity index (χ2v) is 6.63. The van der Waals surface area contributed by atoms with E-state index >= 15 is 0 Å². The molecule has 11 heteroatoms. The number of thiocarbonyl (C=S) groups is 1. The highest BCUT2D eigenvalue weighted by atomic mass is 32.1. The summed E-state index contributed by atoms with van der Waals surface area (Å²) in [5, 5.41) is 18.5. The van der Waals surface area contributed by atoms with Crippen molar-refractivity contribution in [1.82, 2.24) is 15.8 Å². The molecular weight excluding hydrogens is 400 g/mol. The number of rotatable bonds is 4. The molecule has 142 valence electrons. The second kappa shape index (κ2) is 8.88. The molecule has 0 atom stereocenters. The van der Waals surface area contributed by atoms with Crippen LogP contribution in [0.1, 0.15) is 0 Å². The Morgan fingerprint density at radius 1 is 1.04 bits per heavy atom. The highest BCUT2D eigenvalue weighted by Crippen LogP contribution is 2.26. The van der Waals surface area contributed by atoms with Crippen LogP contribution in [0.15, 0.2) is 60.0 Å². The van der Waals surface area contributed by atoms with E-state index in [0.29, 0.717) is 16.4 Å². The van der Waals surface area contributed by atoms with E-state index in [2.05, 4.69) is 26.5 Å². The van der Waals surface area contributed by atoms with Gasteiger partial charge < -0.3 is 5.32 Å². The Morgan fingerprint density at radius 2 is 1.75 bits per heavy atom. The van der Waals surface area contributed by atoms with Gasteiger partial charge in [-0.15, -0.1) is 11.3 Å². The van der Waals surface area contributed by atoms with E-state index in [1.165, 1.54) is 23.5 Å². The molecule has 0 saturated carbocycles. The van der Waals surface area contributed by atoms with Gasteiger partial charge >= 0.3 is 6.03 Å². The molecule has 1 aromatic heterocycles. The monoisotopic (exact) mass is 414 g/mol. The summed E-state index contributed by atoms with van der Waals surface area (Å²) in [6.07, 6.45) is 0. The third-order valence-electron chi connectivity index (χ3n) is 3.42. The molecule has 2 aromatic carbocycles. The number of nitrogens with one attached hydrogen (secondary N) is 4. The minimum Gasteiger partial charge on any atom is -0.331 e. The van der Waals surface area contributed by atoms with Crippen LogP contribution in [-0.2, 0) is 0 Å². The maximum atomic E-state index is 12.0. The summed E-state index contributed by atoms with van der Waals surface area (Å²) < 4.78 is 0. The number of aromatic nitrogens is 1. The predicted octanol–water partition coefficient (Wildman–Crippen LogP) is 3.74. The molecule has 0 aliphatic heterocycles. The third kappa shape index (κ3) is 5.22. The first-order valence-corrected chi connectivity index (χ1v) is 9.19. The molecule has 0 aliphatic rings. The van der Waals surface area contributed by atoms with Gasteiger partial charge in [0, 0.05) is 28.8 Å². The van der Waals surface area contributed by atoms with Gasteiger partial charge in [0.2, 0.25) is 0 Å². The molecule has 2 amide bonds. The zero-order chi connectivity index (χ0) is 19.9. The van der Waals surface area contributed by atoms with Crippen LogP contribution >= 0.6 is 23.6 Å². The summed E-state index contributed by atoms with van der Waals surface area (Å²) >= 11 is 6.32. The zero-order valence-electron chi connectivity index (χ0n) is 14.2. The Hall–Kier alpha value is -3.57. The number of nitro groups is 1. The summed E-state index contributed by atoms with van der Waals surface area (Å²) in [7, 11) is 0. The van der Waals surface area contributed by atoms with Crippen LogP contribution < -0.4 is 21.5 Å². The number of anilines is 2. The number of non-ortho nitro benzene ring substituents is 1. The topological polar surface area (TPSA) is 121 Å². The van der Waals surface area contributed by atoms with Gasteiger partial charge in [-0.1, -0.05) is 18.2 Å². The van der Waals surface area contributed by atoms with E-state index in [9.17, 15) is 14.9 Å². The number of hydrazine groups is 1. The number of benzene rings is 2. The third-order valence-corrected chi connectivity index (χ3v) is 4.38. The summed E-state index contributed by atoms with van der Waals surface area (Å²) in [4.78, 5) is 26.5. The number of hydrogen-bond donors (Lipinski definition) is 4. The Labute approximate surface area is 168 Å². The minimum atomic E-state index is -0.540. The van der Waals surface area contributed by atoms with Crippen molar-refractivity contribution in [3.05, 3.63) is 70.1 Å². The number of thiazole rings is 1. The Balaban J connectivity index is 1.51. The van der Waals surface area contributed by atoms with Gasteiger partial charge in [0.1, 0.15) is 0 Å². The predicted molar refractivity (Wildman–Crippen MR) is 112 cm³/mol. The zero-order valence-corrected chi connectivity index (χ0v) is 15.8. The quantitative estimate of drug-likeness (QED) is 0.291. The number of hydrogen-bond acceptors (Lipinski definition) is 6. The van der Waals surface area contributed by atoms with Crippen LogP contribution in [0.25, 0.3) is 11.3 Å². The molecule has 3 rings (SSSR count). The van der Waals surface area contributed by atoms with E-state index in [-0.39, 0.29) is 10.8 Å². The van der Waals surface area contributed by atoms with Gasteiger partial charge in [0.15, 0.2) is 10.2 Å². The van der Waals surface area contributed by atoms with Crippen molar-refractivity contribution in [2.75, 3.05) is 10.6 Å². The molecule has 0 bridgehead atoms. The van der Waals surface area contributed by atoms with Crippen molar-refractivity contribution in [3.8, 4) is 11.3 Å². The van der Waals surface area contributed by atoms with Crippen molar-refractivity contribution < 1.29 is 9.72 Å². The van der Waals surface area contributed by atoms with Crippen LogP contribution in [0, 0.1) is 10.1 Å².